The lowest BCUT2D eigenvalue weighted by Crippen LogP contribution is -2.25. The molecule has 1 aliphatic rings. The Morgan fingerprint density at radius 3 is 2.84 bits per heavy atom. The highest BCUT2D eigenvalue weighted by Gasteiger charge is 2.16. The molecule has 1 aromatic heterocycles. The monoisotopic (exact) mass is 260 g/mol. The van der Waals surface area contributed by atoms with Gasteiger partial charge >= 0.3 is 0 Å². The summed E-state index contributed by atoms with van der Waals surface area (Å²) in [6, 6.07) is 7.74. The van der Waals surface area contributed by atoms with Gasteiger partial charge < -0.3 is 15.2 Å². The normalized spacial score (nSPS) is 16.4. The number of nitrogen functional groups attached to an aromatic ring is 1. The van der Waals surface area contributed by atoms with Gasteiger partial charge in [-0.15, -0.1) is 5.10 Å². The van der Waals surface area contributed by atoms with Gasteiger partial charge in [-0.1, -0.05) is 12.1 Å². The molecule has 2 heterocycles. The zero-order valence-electron chi connectivity index (χ0n) is 10.5. The summed E-state index contributed by atoms with van der Waals surface area (Å²) in [5.41, 5.74) is 7.29. The van der Waals surface area contributed by atoms with Gasteiger partial charge in [-0.3, -0.25) is 0 Å². The zero-order valence-corrected chi connectivity index (χ0v) is 10.5. The fourth-order valence-electron chi connectivity index (χ4n) is 2.15. The molecule has 3 N–H and O–H groups in total. The average Bonchev–Trinajstić information content (AvgIpc) is 2.86. The van der Waals surface area contributed by atoms with Crippen molar-refractivity contribution in [3.05, 3.63) is 24.3 Å². The molecule has 1 fully saturated rings. The number of hydrogen-bond acceptors (Lipinski definition) is 5. The van der Waals surface area contributed by atoms with Crippen LogP contribution in [-0.2, 0) is 4.74 Å². The standard InChI is InChI=1S/C13H16N4O2/c14-13-12(15-17-16-13)9-2-1-3-11(8-9)19-10-4-6-18-7-5-10/h1-3,8,10H,4-7H2,(H3,14,15,16,17). The van der Waals surface area contributed by atoms with E-state index in [1.54, 1.807) is 0 Å². The minimum Gasteiger partial charge on any atom is -0.490 e. The van der Waals surface area contributed by atoms with Gasteiger partial charge in [-0.2, -0.15) is 10.3 Å². The molecule has 0 bridgehead atoms. The number of nitrogens with two attached hydrogens (primary N) is 1. The quantitative estimate of drug-likeness (QED) is 0.875. The predicted molar refractivity (Wildman–Crippen MR) is 70.7 cm³/mol. The molecule has 0 aliphatic carbocycles. The summed E-state index contributed by atoms with van der Waals surface area (Å²) in [5, 5.41) is 10.4. The van der Waals surface area contributed by atoms with Crippen molar-refractivity contribution in [3.8, 4) is 17.0 Å². The van der Waals surface area contributed by atoms with Crippen LogP contribution in [0.25, 0.3) is 11.3 Å². The molecule has 3 rings (SSSR count). The maximum Gasteiger partial charge on any atom is 0.173 e. The highest BCUT2D eigenvalue weighted by molar-refractivity contribution is 5.70. The third-order valence-electron chi connectivity index (χ3n) is 3.15. The molecule has 1 aliphatic heterocycles. The molecule has 0 radical (unpaired) electrons. The van der Waals surface area contributed by atoms with Crippen molar-refractivity contribution in [1.82, 2.24) is 15.4 Å². The first-order valence-corrected chi connectivity index (χ1v) is 6.34. The zero-order chi connectivity index (χ0) is 13.1. The maximum atomic E-state index is 5.95. The molecule has 1 saturated heterocycles. The van der Waals surface area contributed by atoms with Crippen LogP contribution < -0.4 is 10.5 Å². The lowest BCUT2D eigenvalue weighted by molar-refractivity contribution is 0.0256. The Labute approximate surface area is 110 Å². The Hall–Kier alpha value is -2.08. The van der Waals surface area contributed by atoms with E-state index in [1.165, 1.54) is 0 Å². The average molecular weight is 260 g/mol. The molecule has 19 heavy (non-hydrogen) atoms. The minimum absolute atomic E-state index is 0.221. The van der Waals surface area contributed by atoms with Crippen molar-refractivity contribution in [3.63, 3.8) is 0 Å². The van der Waals surface area contributed by atoms with Crippen LogP contribution in [0.3, 0.4) is 0 Å². The fourth-order valence-corrected chi connectivity index (χ4v) is 2.15. The van der Waals surface area contributed by atoms with E-state index >= 15 is 0 Å². The number of nitrogens with one attached hydrogen (secondary N) is 1. The van der Waals surface area contributed by atoms with Crippen molar-refractivity contribution in [2.24, 2.45) is 0 Å². The number of benzene rings is 1. The number of hydrogen-bond donors (Lipinski definition) is 2. The highest BCUT2D eigenvalue weighted by atomic mass is 16.5. The second-order valence-corrected chi connectivity index (χ2v) is 4.51. The molecule has 2 aromatic rings. The van der Waals surface area contributed by atoms with Crippen LogP contribution in [0.15, 0.2) is 24.3 Å². The van der Waals surface area contributed by atoms with E-state index in [4.69, 9.17) is 15.2 Å². The van der Waals surface area contributed by atoms with Crippen LogP contribution in [-0.4, -0.2) is 34.7 Å². The second kappa shape index (κ2) is 5.27. The van der Waals surface area contributed by atoms with E-state index in [9.17, 15) is 0 Å². The Kier molecular flexibility index (Phi) is 3.33. The van der Waals surface area contributed by atoms with Crippen LogP contribution >= 0.6 is 0 Å². The van der Waals surface area contributed by atoms with E-state index < -0.39 is 0 Å². The Morgan fingerprint density at radius 2 is 2.11 bits per heavy atom. The molecule has 6 heteroatoms. The lowest BCUT2D eigenvalue weighted by atomic mass is 10.1. The van der Waals surface area contributed by atoms with Crippen molar-refractivity contribution in [2.45, 2.75) is 18.9 Å². The Bertz CT molecular complexity index is 549. The number of H-pyrrole nitrogens is 1. The smallest absolute Gasteiger partial charge is 0.173 e. The molecular formula is C13H16N4O2. The summed E-state index contributed by atoms with van der Waals surface area (Å²) in [7, 11) is 0. The topological polar surface area (TPSA) is 86.1 Å². The van der Waals surface area contributed by atoms with Gasteiger partial charge in [-0.25, -0.2) is 0 Å². The number of nitrogens with zero attached hydrogens (tertiary/aromatic N) is 2. The van der Waals surface area contributed by atoms with Gasteiger partial charge in [0.05, 0.1) is 13.2 Å². The van der Waals surface area contributed by atoms with Crippen molar-refractivity contribution in [2.75, 3.05) is 18.9 Å². The summed E-state index contributed by atoms with van der Waals surface area (Å²) in [5.74, 6) is 1.22. The Morgan fingerprint density at radius 1 is 1.26 bits per heavy atom. The highest BCUT2D eigenvalue weighted by Crippen LogP contribution is 2.26. The van der Waals surface area contributed by atoms with Crippen LogP contribution in [0.2, 0.25) is 0 Å². The lowest BCUT2D eigenvalue weighted by Gasteiger charge is -2.23. The van der Waals surface area contributed by atoms with Crippen molar-refractivity contribution >= 4 is 5.82 Å². The van der Waals surface area contributed by atoms with E-state index in [1.807, 2.05) is 24.3 Å². The summed E-state index contributed by atoms with van der Waals surface area (Å²) < 4.78 is 11.3. The van der Waals surface area contributed by atoms with E-state index in [0.29, 0.717) is 11.5 Å². The molecule has 0 saturated carbocycles. The van der Waals surface area contributed by atoms with Gasteiger partial charge in [0.25, 0.3) is 0 Å². The molecule has 6 nitrogen and oxygen atoms in total. The molecule has 1 aromatic carbocycles. The number of anilines is 1. The fraction of sp³-hybridized carbons (Fsp3) is 0.385. The number of rotatable bonds is 3. The summed E-state index contributed by atoms with van der Waals surface area (Å²) in [4.78, 5) is 0. The molecule has 0 amide bonds. The summed E-state index contributed by atoms with van der Waals surface area (Å²) >= 11 is 0. The largest absolute Gasteiger partial charge is 0.490 e. The third-order valence-corrected chi connectivity index (χ3v) is 3.15. The van der Waals surface area contributed by atoms with E-state index in [0.717, 1.165) is 37.4 Å². The first kappa shape index (κ1) is 12.0. The number of aromatic amines is 1. The minimum atomic E-state index is 0.221. The van der Waals surface area contributed by atoms with Crippen molar-refractivity contribution < 1.29 is 9.47 Å². The maximum absolute atomic E-state index is 5.95. The number of ether oxygens (including phenoxy) is 2. The summed E-state index contributed by atoms with van der Waals surface area (Å²) in [6.07, 6.45) is 2.07. The van der Waals surface area contributed by atoms with Gasteiger partial charge in [0, 0.05) is 18.4 Å². The molecule has 0 unspecified atom stereocenters. The van der Waals surface area contributed by atoms with Crippen LogP contribution in [0, 0.1) is 0 Å². The van der Waals surface area contributed by atoms with Gasteiger partial charge in [0.2, 0.25) is 0 Å². The van der Waals surface area contributed by atoms with Gasteiger partial charge in [-0.05, 0) is 12.1 Å². The van der Waals surface area contributed by atoms with Crippen LogP contribution in [0.4, 0.5) is 5.82 Å². The molecule has 0 atom stereocenters. The predicted octanol–water partition coefficient (Wildman–Crippen LogP) is 1.61. The molecule has 100 valence electrons. The first-order valence-electron chi connectivity index (χ1n) is 6.34. The Balaban J connectivity index is 1.78. The molecular weight excluding hydrogens is 244 g/mol. The number of aromatic nitrogens is 3. The van der Waals surface area contributed by atoms with Crippen LogP contribution in [0.1, 0.15) is 12.8 Å². The van der Waals surface area contributed by atoms with Gasteiger partial charge in [0.1, 0.15) is 17.5 Å². The van der Waals surface area contributed by atoms with E-state index in [2.05, 4.69) is 15.4 Å². The third kappa shape index (κ3) is 2.68. The summed E-state index contributed by atoms with van der Waals surface area (Å²) in [6.45, 7) is 1.53. The van der Waals surface area contributed by atoms with E-state index in [-0.39, 0.29) is 6.10 Å². The first-order chi connectivity index (χ1) is 9.33. The SMILES string of the molecule is Nc1n[nH]nc1-c1cccc(OC2CCOCC2)c1. The second-order valence-electron chi connectivity index (χ2n) is 4.51. The molecule has 0 spiro atoms. The van der Waals surface area contributed by atoms with Gasteiger partial charge in [0.15, 0.2) is 5.82 Å². The van der Waals surface area contributed by atoms with Crippen LogP contribution in [0.5, 0.6) is 5.75 Å². The van der Waals surface area contributed by atoms with Crippen molar-refractivity contribution in [1.29, 1.82) is 0 Å².